The molecule has 9 heteroatoms. The highest BCUT2D eigenvalue weighted by Crippen LogP contribution is 2.25. The number of para-hydroxylation sites is 1. The van der Waals surface area contributed by atoms with Gasteiger partial charge in [0.25, 0.3) is 5.91 Å². The first kappa shape index (κ1) is 20.1. The molecule has 1 fully saturated rings. The average Bonchev–Trinajstić information content (AvgIpc) is 3.27. The number of anilines is 2. The first-order chi connectivity index (χ1) is 14.9. The van der Waals surface area contributed by atoms with Gasteiger partial charge in [0.1, 0.15) is 5.58 Å². The molecule has 1 aliphatic rings. The highest BCUT2D eigenvalue weighted by atomic mass is 16.3. The van der Waals surface area contributed by atoms with Crippen molar-refractivity contribution in [2.75, 3.05) is 23.7 Å². The third-order valence-corrected chi connectivity index (χ3v) is 4.98. The minimum atomic E-state index is -0.488. The Hall–Kier alpha value is -4.14. The molecule has 5 amide bonds. The predicted molar refractivity (Wildman–Crippen MR) is 114 cm³/mol. The molecule has 0 aliphatic carbocycles. The van der Waals surface area contributed by atoms with Gasteiger partial charge < -0.3 is 20.4 Å². The van der Waals surface area contributed by atoms with Gasteiger partial charge in [-0.05, 0) is 37.3 Å². The number of urea groups is 1. The number of carbonyl (C=O) groups excluding carboxylic acids is 4. The molecular formula is C22H20N4O5. The summed E-state index contributed by atoms with van der Waals surface area (Å²) in [6.07, 6.45) is -0.0109. The first-order valence-corrected chi connectivity index (χ1v) is 9.70. The van der Waals surface area contributed by atoms with Gasteiger partial charge >= 0.3 is 6.03 Å². The molecule has 2 aromatic carbocycles. The molecule has 2 heterocycles. The van der Waals surface area contributed by atoms with E-state index in [0.717, 1.165) is 15.8 Å². The van der Waals surface area contributed by atoms with Crippen molar-refractivity contribution in [1.29, 1.82) is 0 Å². The number of fused-ring (bicyclic) bond motifs is 1. The van der Waals surface area contributed by atoms with Crippen LogP contribution in [0.3, 0.4) is 0 Å². The second-order valence-corrected chi connectivity index (χ2v) is 7.09. The number of benzene rings is 2. The highest BCUT2D eigenvalue weighted by molar-refractivity contribution is 6.06. The quantitative estimate of drug-likeness (QED) is 0.530. The zero-order chi connectivity index (χ0) is 22.0. The van der Waals surface area contributed by atoms with Crippen LogP contribution < -0.4 is 16.0 Å². The van der Waals surface area contributed by atoms with Crippen molar-refractivity contribution < 1.29 is 23.6 Å². The van der Waals surface area contributed by atoms with E-state index in [2.05, 4.69) is 16.0 Å². The van der Waals surface area contributed by atoms with Gasteiger partial charge in [-0.3, -0.25) is 19.3 Å². The number of rotatable bonds is 6. The van der Waals surface area contributed by atoms with Crippen molar-refractivity contribution in [3.8, 4) is 0 Å². The highest BCUT2D eigenvalue weighted by Gasteiger charge is 2.28. The Balaban J connectivity index is 1.34. The Morgan fingerprint density at radius 2 is 1.71 bits per heavy atom. The second kappa shape index (κ2) is 8.31. The van der Waals surface area contributed by atoms with Crippen LogP contribution in [0.4, 0.5) is 16.2 Å². The Morgan fingerprint density at radius 3 is 2.35 bits per heavy atom. The van der Waals surface area contributed by atoms with Gasteiger partial charge in [-0.15, -0.1) is 0 Å². The molecule has 3 N–H and O–H groups in total. The zero-order valence-corrected chi connectivity index (χ0v) is 16.7. The molecule has 9 nitrogen and oxygen atoms in total. The summed E-state index contributed by atoms with van der Waals surface area (Å²) in [6, 6.07) is 13.6. The van der Waals surface area contributed by atoms with Crippen LogP contribution in [0.2, 0.25) is 0 Å². The minimum Gasteiger partial charge on any atom is -0.451 e. The first-order valence-electron chi connectivity index (χ1n) is 9.70. The van der Waals surface area contributed by atoms with E-state index >= 15 is 0 Å². The van der Waals surface area contributed by atoms with Crippen LogP contribution in [-0.4, -0.2) is 41.7 Å². The SMILES string of the molecule is Cc1c(C(=O)Nc2ccc(NC(=O)CCN3C(=O)CNC3=O)cc2)oc2ccccc12. The summed E-state index contributed by atoms with van der Waals surface area (Å²) >= 11 is 0. The molecule has 3 aromatic rings. The monoisotopic (exact) mass is 420 g/mol. The molecule has 0 unspecified atom stereocenters. The van der Waals surface area contributed by atoms with Gasteiger partial charge in [0.05, 0.1) is 6.54 Å². The average molecular weight is 420 g/mol. The number of furan rings is 1. The minimum absolute atomic E-state index is 0.0109. The lowest BCUT2D eigenvalue weighted by molar-refractivity contribution is -0.125. The van der Waals surface area contributed by atoms with Gasteiger partial charge in [-0.25, -0.2) is 4.79 Å². The fourth-order valence-corrected chi connectivity index (χ4v) is 3.33. The number of imide groups is 1. The lowest BCUT2D eigenvalue weighted by Crippen LogP contribution is -2.33. The fraction of sp³-hybridized carbons (Fsp3) is 0.182. The molecule has 0 spiro atoms. The van der Waals surface area contributed by atoms with Gasteiger partial charge in [0, 0.05) is 35.3 Å². The van der Waals surface area contributed by atoms with E-state index < -0.39 is 6.03 Å². The summed E-state index contributed by atoms with van der Waals surface area (Å²) in [4.78, 5) is 48.7. The van der Waals surface area contributed by atoms with Crippen LogP contribution in [0, 0.1) is 6.92 Å². The summed E-state index contributed by atoms with van der Waals surface area (Å²) in [5.41, 5.74) is 2.49. The van der Waals surface area contributed by atoms with Crippen molar-refractivity contribution in [2.24, 2.45) is 0 Å². The van der Waals surface area contributed by atoms with Gasteiger partial charge in [-0.2, -0.15) is 0 Å². The summed E-state index contributed by atoms with van der Waals surface area (Å²) < 4.78 is 5.67. The number of hydrogen-bond acceptors (Lipinski definition) is 5. The standard InChI is InChI=1S/C22H20N4O5/c1-13-16-4-2-3-5-17(16)31-20(13)21(29)25-15-8-6-14(7-9-15)24-18(27)10-11-26-19(28)12-23-22(26)30/h2-9H,10-12H2,1H3,(H,23,30)(H,24,27)(H,25,29). The van der Waals surface area contributed by atoms with Crippen LogP contribution in [0.5, 0.6) is 0 Å². The van der Waals surface area contributed by atoms with Crippen LogP contribution in [0.15, 0.2) is 52.9 Å². The molecule has 0 saturated carbocycles. The van der Waals surface area contributed by atoms with E-state index in [9.17, 15) is 19.2 Å². The number of nitrogens with zero attached hydrogens (tertiary/aromatic N) is 1. The molecule has 31 heavy (non-hydrogen) atoms. The molecule has 158 valence electrons. The number of nitrogens with one attached hydrogen (secondary N) is 3. The Labute approximate surface area is 177 Å². The van der Waals surface area contributed by atoms with Gasteiger partial charge in [0.2, 0.25) is 11.8 Å². The molecule has 0 radical (unpaired) electrons. The zero-order valence-electron chi connectivity index (χ0n) is 16.7. The maximum atomic E-state index is 12.6. The van der Waals surface area contributed by atoms with Crippen LogP contribution in [0.25, 0.3) is 11.0 Å². The Morgan fingerprint density at radius 1 is 1.03 bits per heavy atom. The summed E-state index contributed by atoms with van der Waals surface area (Å²) in [5, 5.41) is 8.76. The maximum absolute atomic E-state index is 12.6. The van der Waals surface area contributed by atoms with E-state index in [1.54, 1.807) is 24.3 Å². The molecule has 0 atom stereocenters. The number of aryl methyl sites for hydroxylation is 1. The third-order valence-electron chi connectivity index (χ3n) is 4.98. The molecule has 1 aliphatic heterocycles. The Bertz CT molecular complexity index is 1170. The summed E-state index contributed by atoms with van der Waals surface area (Å²) in [5.74, 6) is -0.794. The lowest BCUT2D eigenvalue weighted by Gasteiger charge is -2.12. The number of amides is 5. The van der Waals surface area contributed by atoms with Crippen molar-refractivity contribution in [3.05, 3.63) is 59.9 Å². The maximum Gasteiger partial charge on any atom is 0.324 e. The van der Waals surface area contributed by atoms with Crippen molar-refractivity contribution in [3.63, 3.8) is 0 Å². The van der Waals surface area contributed by atoms with E-state index in [1.165, 1.54) is 0 Å². The van der Waals surface area contributed by atoms with E-state index in [1.807, 2.05) is 31.2 Å². The van der Waals surface area contributed by atoms with Crippen LogP contribution >= 0.6 is 0 Å². The summed E-state index contributed by atoms with van der Waals surface area (Å²) in [6.45, 7) is 1.81. The number of carbonyl (C=O) groups is 4. The predicted octanol–water partition coefficient (Wildman–Crippen LogP) is 2.87. The molecule has 1 aromatic heterocycles. The number of hydrogen-bond donors (Lipinski definition) is 3. The van der Waals surface area contributed by atoms with E-state index in [4.69, 9.17) is 4.42 Å². The smallest absolute Gasteiger partial charge is 0.324 e. The molecule has 1 saturated heterocycles. The van der Waals surface area contributed by atoms with Crippen LogP contribution in [0.1, 0.15) is 22.5 Å². The van der Waals surface area contributed by atoms with Crippen LogP contribution in [-0.2, 0) is 9.59 Å². The van der Waals surface area contributed by atoms with Gasteiger partial charge in [-0.1, -0.05) is 18.2 Å². The van der Waals surface area contributed by atoms with Crippen molar-refractivity contribution >= 4 is 46.1 Å². The van der Waals surface area contributed by atoms with Crippen molar-refractivity contribution in [2.45, 2.75) is 13.3 Å². The molecule has 0 bridgehead atoms. The molecule has 4 rings (SSSR count). The lowest BCUT2D eigenvalue weighted by atomic mass is 10.1. The fourth-order valence-electron chi connectivity index (χ4n) is 3.33. The van der Waals surface area contributed by atoms with E-state index in [-0.39, 0.29) is 43.0 Å². The van der Waals surface area contributed by atoms with Gasteiger partial charge in [0.15, 0.2) is 5.76 Å². The molecular weight excluding hydrogens is 400 g/mol. The normalized spacial score (nSPS) is 13.4. The summed E-state index contributed by atoms with van der Waals surface area (Å²) in [7, 11) is 0. The van der Waals surface area contributed by atoms with Crippen molar-refractivity contribution in [1.82, 2.24) is 10.2 Å². The topological polar surface area (TPSA) is 121 Å². The Kier molecular flexibility index (Phi) is 5.40. The second-order valence-electron chi connectivity index (χ2n) is 7.09. The largest absolute Gasteiger partial charge is 0.451 e. The van der Waals surface area contributed by atoms with E-state index in [0.29, 0.717) is 17.0 Å². The third kappa shape index (κ3) is 4.25.